The van der Waals surface area contributed by atoms with Crippen LogP contribution in [0.25, 0.3) is 0 Å². The standard InChI is InChI=1S/C31H52N4O8S4/c36-26(8-5-15-32-27(37)9-3-1-6-23-13-20-44-46-23)25(35-29(39)10-4-2-7-24-14-21-45-47-24)22-30(40)34-17-19-43-18-16-33-28(38)11-12-31(41)42/h23-25H,1-22H2,(H,32,37)(H,33,38)(H,34,40)(H,35,39)(H,41,42)/t23?,24?,25-/m0/s1. The largest absolute Gasteiger partial charge is 0.481 e. The molecule has 268 valence electrons. The molecule has 3 atom stereocenters. The second-order valence-electron chi connectivity index (χ2n) is 11.6. The number of hydrogen-bond acceptors (Lipinski definition) is 11. The second kappa shape index (κ2) is 26.3. The summed E-state index contributed by atoms with van der Waals surface area (Å²) in [5.41, 5.74) is 0. The molecule has 0 aromatic carbocycles. The van der Waals surface area contributed by atoms with E-state index >= 15 is 0 Å². The summed E-state index contributed by atoms with van der Waals surface area (Å²) in [7, 11) is 7.68. The molecule has 2 aliphatic heterocycles. The number of ether oxygens (including phenoxy) is 1. The van der Waals surface area contributed by atoms with Gasteiger partial charge in [0.25, 0.3) is 0 Å². The number of carbonyl (C=O) groups excluding carboxylic acids is 5. The van der Waals surface area contributed by atoms with Crippen LogP contribution in [0.4, 0.5) is 0 Å². The van der Waals surface area contributed by atoms with Crippen molar-refractivity contribution < 1.29 is 38.6 Å². The predicted molar refractivity (Wildman–Crippen MR) is 191 cm³/mol. The monoisotopic (exact) mass is 736 g/mol. The molecule has 2 unspecified atom stereocenters. The minimum atomic E-state index is -1.04. The number of amides is 4. The number of nitrogens with one attached hydrogen (secondary N) is 4. The summed E-state index contributed by atoms with van der Waals surface area (Å²) < 4.78 is 5.39. The van der Waals surface area contributed by atoms with Crippen molar-refractivity contribution in [3.05, 3.63) is 0 Å². The SMILES string of the molecule is O=C(O)CCC(=O)NCCOCCNC(=O)C[C@H](NC(=O)CCCCC1CCSS1)C(=O)CCCNC(=O)CCCCC1CCSS1. The van der Waals surface area contributed by atoms with E-state index in [1.54, 1.807) is 0 Å². The van der Waals surface area contributed by atoms with Crippen LogP contribution >= 0.6 is 43.2 Å². The number of hydrogen-bond donors (Lipinski definition) is 5. The highest BCUT2D eigenvalue weighted by atomic mass is 33.1. The Morgan fingerprint density at radius 1 is 0.638 bits per heavy atom. The summed E-state index contributed by atoms with van der Waals surface area (Å²) in [6.07, 6.45) is 9.00. The van der Waals surface area contributed by atoms with Gasteiger partial charge in [0.1, 0.15) is 0 Å². The molecular formula is C31H52N4O8S4. The highest BCUT2D eigenvalue weighted by molar-refractivity contribution is 8.77. The molecule has 16 heteroatoms. The summed E-state index contributed by atoms with van der Waals surface area (Å²) in [6.45, 7) is 1.13. The maximum absolute atomic E-state index is 13.1. The highest BCUT2D eigenvalue weighted by Gasteiger charge is 2.24. The zero-order valence-corrected chi connectivity index (χ0v) is 30.5. The fraction of sp³-hybridized carbons (Fsp3) is 0.806. The maximum atomic E-state index is 13.1. The van der Waals surface area contributed by atoms with E-state index < -0.39 is 17.9 Å². The Hall–Kier alpha value is -1.62. The Bertz CT molecular complexity index is 981. The first-order chi connectivity index (χ1) is 22.7. The number of Topliss-reactive ketones (excluding diaryl/α,β-unsaturated/α-hetero) is 1. The van der Waals surface area contributed by atoms with Crippen LogP contribution in [0.3, 0.4) is 0 Å². The van der Waals surface area contributed by atoms with Gasteiger partial charge in [-0.3, -0.25) is 28.8 Å². The van der Waals surface area contributed by atoms with Crippen LogP contribution < -0.4 is 21.3 Å². The van der Waals surface area contributed by atoms with Crippen molar-refractivity contribution in [3.8, 4) is 0 Å². The molecule has 0 aromatic heterocycles. The van der Waals surface area contributed by atoms with E-state index in [0.717, 1.165) is 38.5 Å². The smallest absolute Gasteiger partial charge is 0.303 e. The molecule has 4 amide bonds. The van der Waals surface area contributed by atoms with Crippen molar-refractivity contribution >= 4 is 78.6 Å². The Kier molecular flexibility index (Phi) is 23.2. The molecule has 2 fully saturated rings. The number of rotatable bonds is 27. The normalized spacial score (nSPS) is 18.0. The molecule has 47 heavy (non-hydrogen) atoms. The van der Waals surface area contributed by atoms with Gasteiger partial charge in [-0.25, -0.2) is 0 Å². The topological polar surface area (TPSA) is 180 Å². The average molecular weight is 737 g/mol. The van der Waals surface area contributed by atoms with Gasteiger partial charge in [-0.1, -0.05) is 56.0 Å². The van der Waals surface area contributed by atoms with Gasteiger partial charge in [0.15, 0.2) is 5.78 Å². The summed E-state index contributed by atoms with van der Waals surface area (Å²) in [5.74, 6) is 0.0546. The summed E-state index contributed by atoms with van der Waals surface area (Å²) in [4.78, 5) is 72.7. The van der Waals surface area contributed by atoms with Crippen LogP contribution in [0.5, 0.6) is 0 Å². The first-order valence-electron chi connectivity index (χ1n) is 16.7. The lowest BCUT2D eigenvalue weighted by Gasteiger charge is -2.18. The third-order valence-electron chi connectivity index (χ3n) is 7.55. The fourth-order valence-corrected chi connectivity index (χ4v) is 11.0. The zero-order chi connectivity index (χ0) is 34.1. The van der Waals surface area contributed by atoms with Crippen LogP contribution in [0.2, 0.25) is 0 Å². The quantitative estimate of drug-likeness (QED) is 0.0608. The van der Waals surface area contributed by atoms with E-state index in [9.17, 15) is 28.8 Å². The molecule has 0 bridgehead atoms. The Labute approximate surface area is 294 Å². The number of carboxylic acids is 1. The highest BCUT2D eigenvalue weighted by Crippen LogP contribution is 2.40. The predicted octanol–water partition coefficient (Wildman–Crippen LogP) is 3.87. The lowest BCUT2D eigenvalue weighted by Crippen LogP contribution is -2.44. The number of ketones is 1. The molecular weight excluding hydrogens is 685 g/mol. The molecule has 0 radical (unpaired) electrons. The van der Waals surface area contributed by atoms with Crippen molar-refractivity contribution in [2.75, 3.05) is 44.4 Å². The van der Waals surface area contributed by atoms with Crippen LogP contribution in [0.1, 0.15) is 96.3 Å². The minimum absolute atomic E-state index is 0.0208. The van der Waals surface area contributed by atoms with Crippen molar-refractivity contribution in [1.82, 2.24) is 21.3 Å². The molecule has 2 heterocycles. The number of carbonyl (C=O) groups is 6. The van der Waals surface area contributed by atoms with Crippen molar-refractivity contribution in [1.29, 1.82) is 0 Å². The molecule has 12 nitrogen and oxygen atoms in total. The first kappa shape index (κ1) is 41.6. The molecule has 2 rings (SSSR count). The van der Waals surface area contributed by atoms with Crippen molar-refractivity contribution in [3.63, 3.8) is 0 Å². The Balaban J connectivity index is 1.66. The van der Waals surface area contributed by atoms with Gasteiger partial charge in [0, 0.05) is 67.3 Å². The average Bonchev–Trinajstić information content (AvgIpc) is 3.76. The van der Waals surface area contributed by atoms with Gasteiger partial charge < -0.3 is 31.1 Å². The third kappa shape index (κ3) is 21.9. The van der Waals surface area contributed by atoms with Crippen LogP contribution in [0, 0.1) is 0 Å². The lowest BCUT2D eigenvalue weighted by atomic mass is 10.0. The zero-order valence-electron chi connectivity index (χ0n) is 27.2. The van der Waals surface area contributed by atoms with Gasteiger partial charge in [0.05, 0.1) is 32.1 Å². The first-order valence-corrected chi connectivity index (χ1v) is 21.5. The minimum Gasteiger partial charge on any atom is -0.481 e. The number of aliphatic carboxylic acids is 1. The molecule has 0 aromatic rings. The molecule has 0 spiro atoms. The lowest BCUT2D eigenvalue weighted by molar-refractivity contribution is -0.138. The van der Waals surface area contributed by atoms with E-state index in [1.165, 1.54) is 24.3 Å². The van der Waals surface area contributed by atoms with Gasteiger partial charge in [0.2, 0.25) is 23.6 Å². The maximum Gasteiger partial charge on any atom is 0.303 e. The van der Waals surface area contributed by atoms with Crippen LogP contribution in [-0.4, -0.2) is 101 Å². The molecule has 2 saturated heterocycles. The third-order valence-corrected chi connectivity index (χ3v) is 13.6. The van der Waals surface area contributed by atoms with Crippen molar-refractivity contribution in [2.24, 2.45) is 0 Å². The van der Waals surface area contributed by atoms with Crippen LogP contribution in [-0.2, 0) is 33.5 Å². The molecule has 0 saturated carbocycles. The summed E-state index contributed by atoms with van der Waals surface area (Å²) in [6, 6.07) is -0.950. The number of unbranched alkanes of at least 4 members (excludes halogenated alkanes) is 2. The van der Waals surface area contributed by atoms with E-state index in [4.69, 9.17) is 9.84 Å². The van der Waals surface area contributed by atoms with Gasteiger partial charge in [-0.15, -0.1) is 0 Å². The van der Waals surface area contributed by atoms with Gasteiger partial charge in [-0.05, 0) is 44.9 Å². The van der Waals surface area contributed by atoms with Crippen molar-refractivity contribution in [2.45, 2.75) is 113 Å². The van der Waals surface area contributed by atoms with Crippen LogP contribution in [0.15, 0.2) is 0 Å². The number of carboxylic acid groups (broad SMARTS) is 1. The van der Waals surface area contributed by atoms with E-state index in [2.05, 4.69) is 21.3 Å². The van der Waals surface area contributed by atoms with E-state index in [1.807, 2.05) is 43.2 Å². The van der Waals surface area contributed by atoms with Gasteiger partial charge in [-0.2, -0.15) is 0 Å². The summed E-state index contributed by atoms with van der Waals surface area (Å²) >= 11 is 0. The Morgan fingerprint density at radius 3 is 1.77 bits per heavy atom. The summed E-state index contributed by atoms with van der Waals surface area (Å²) in [5, 5.41) is 20.9. The molecule has 2 aliphatic rings. The molecule has 0 aliphatic carbocycles. The van der Waals surface area contributed by atoms with E-state index in [0.29, 0.717) is 36.3 Å². The molecule has 5 N–H and O–H groups in total. The fourth-order valence-electron chi connectivity index (χ4n) is 4.90. The van der Waals surface area contributed by atoms with Gasteiger partial charge >= 0.3 is 5.97 Å². The Morgan fingerprint density at radius 2 is 1.19 bits per heavy atom. The van der Waals surface area contributed by atoms with E-state index in [-0.39, 0.29) is 75.5 Å². The second-order valence-corrected chi connectivity index (χ2v) is 17.2.